The molecule has 0 saturated carbocycles. The lowest BCUT2D eigenvalue weighted by Gasteiger charge is -2.08. The van der Waals surface area contributed by atoms with Gasteiger partial charge in [-0.2, -0.15) is 0 Å². The standard InChI is InChI=1S/C24H21N3O4/c1-3-30-18-12-10-17(11-13-18)26-24-19(23(28)27-21-9-4-5-14-25-21)15-16-7-6-8-20(29-2)22(16)31-24/h4-15H,3H2,1-2H3,(H,25,27,28). The van der Waals surface area contributed by atoms with E-state index in [0.717, 1.165) is 11.1 Å². The van der Waals surface area contributed by atoms with Gasteiger partial charge in [-0.1, -0.05) is 18.2 Å². The molecular formula is C24H21N3O4. The van der Waals surface area contributed by atoms with Gasteiger partial charge >= 0.3 is 0 Å². The number of aromatic nitrogens is 1. The fourth-order valence-corrected chi connectivity index (χ4v) is 3.05. The van der Waals surface area contributed by atoms with E-state index in [9.17, 15) is 4.79 Å². The van der Waals surface area contributed by atoms with Gasteiger partial charge in [0.2, 0.25) is 5.55 Å². The van der Waals surface area contributed by atoms with Gasteiger partial charge in [-0.25, -0.2) is 9.98 Å². The van der Waals surface area contributed by atoms with Crippen molar-refractivity contribution in [2.75, 3.05) is 19.0 Å². The van der Waals surface area contributed by atoms with Gasteiger partial charge in [-0.15, -0.1) is 0 Å². The number of ether oxygens (including phenoxy) is 2. The van der Waals surface area contributed by atoms with Crippen molar-refractivity contribution in [3.8, 4) is 11.5 Å². The number of rotatable bonds is 6. The van der Waals surface area contributed by atoms with Gasteiger partial charge in [0.25, 0.3) is 5.91 Å². The van der Waals surface area contributed by atoms with E-state index in [4.69, 9.17) is 13.9 Å². The normalized spacial score (nSPS) is 11.4. The van der Waals surface area contributed by atoms with Crippen LogP contribution in [-0.4, -0.2) is 24.6 Å². The minimum Gasteiger partial charge on any atom is -0.494 e. The van der Waals surface area contributed by atoms with Crippen molar-refractivity contribution in [1.82, 2.24) is 4.98 Å². The molecule has 0 radical (unpaired) electrons. The number of hydrogen-bond donors (Lipinski definition) is 1. The van der Waals surface area contributed by atoms with Crippen LogP contribution in [0.4, 0.5) is 11.5 Å². The molecule has 0 fully saturated rings. The lowest BCUT2D eigenvalue weighted by atomic mass is 10.1. The second-order valence-electron chi connectivity index (χ2n) is 6.55. The van der Waals surface area contributed by atoms with Crippen LogP contribution in [-0.2, 0) is 0 Å². The molecule has 0 aliphatic carbocycles. The Kier molecular flexibility index (Phi) is 5.93. The van der Waals surface area contributed by atoms with Crippen molar-refractivity contribution in [2.45, 2.75) is 6.92 Å². The van der Waals surface area contributed by atoms with Gasteiger partial charge in [-0.05, 0) is 55.5 Å². The molecule has 0 bridgehead atoms. The minimum absolute atomic E-state index is 0.162. The number of benzene rings is 2. The zero-order valence-corrected chi connectivity index (χ0v) is 17.2. The molecule has 0 atom stereocenters. The van der Waals surface area contributed by atoms with Crippen molar-refractivity contribution in [1.29, 1.82) is 0 Å². The zero-order valence-electron chi connectivity index (χ0n) is 17.2. The number of methoxy groups -OCH3 is 1. The molecule has 0 unspecified atom stereocenters. The van der Waals surface area contributed by atoms with Crippen LogP contribution in [0.3, 0.4) is 0 Å². The third-order valence-electron chi connectivity index (χ3n) is 4.49. The Morgan fingerprint density at radius 2 is 1.94 bits per heavy atom. The molecule has 4 aromatic rings. The summed E-state index contributed by atoms with van der Waals surface area (Å²) < 4.78 is 16.9. The molecule has 0 spiro atoms. The topological polar surface area (TPSA) is 86.0 Å². The summed E-state index contributed by atoms with van der Waals surface area (Å²) in [5.74, 6) is 1.35. The third kappa shape index (κ3) is 4.56. The largest absolute Gasteiger partial charge is 0.494 e. The average Bonchev–Trinajstić information content (AvgIpc) is 2.80. The number of amides is 1. The molecule has 1 N–H and O–H groups in total. The third-order valence-corrected chi connectivity index (χ3v) is 4.49. The maximum absolute atomic E-state index is 13.0. The number of carbonyl (C=O) groups excluding carboxylic acids is 1. The van der Waals surface area contributed by atoms with Crippen LogP contribution in [0.1, 0.15) is 17.3 Å². The maximum Gasteiger partial charge on any atom is 0.262 e. The van der Waals surface area contributed by atoms with Crippen molar-refractivity contribution in [3.05, 3.63) is 84.0 Å². The summed E-state index contributed by atoms with van der Waals surface area (Å²) in [6.45, 7) is 2.50. The maximum atomic E-state index is 13.0. The Morgan fingerprint density at radius 1 is 1.10 bits per heavy atom. The molecule has 0 aliphatic rings. The Balaban J connectivity index is 1.84. The molecule has 2 aromatic carbocycles. The van der Waals surface area contributed by atoms with E-state index in [-0.39, 0.29) is 17.0 Å². The van der Waals surface area contributed by atoms with Crippen LogP contribution in [0, 0.1) is 0 Å². The van der Waals surface area contributed by atoms with E-state index in [2.05, 4.69) is 15.3 Å². The fourth-order valence-electron chi connectivity index (χ4n) is 3.05. The Morgan fingerprint density at radius 3 is 2.65 bits per heavy atom. The van der Waals surface area contributed by atoms with Crippen molar-refractivity contribution in [3.63, 3.8) is 0 Å². The lowest BCUT2D eigenvalue weighted by molar-refractivity contribution is 0.102. The molecule has 0 saturated heterocycles. The predicted molar refractivity (Wildman–Crippen MR) is 118 cm³/mol. The van der Waals surface area contributed by atoms with Crippen LogP contribution in [0.25, 0.3) is 11.0 Å². The zero-order chi connectivity index (χ0) is 21.6. The average molecular weight is 415 g/mol. The summed E-state index contributed by atoms with van der Waals surface area (Å²) >= 11 is 0. The number of para-hydroxylation sites is 1. The number of anilines is 1. The van der Waals surface area contributed by atoms with Gasteiger partial charge in [0.1, 0.15) is 17.1 Å². The van der Waals surface area contributed by atoms with E-state index in [1.165, 1.54) is 0 Å². The molecule has 7 nitrogen and oxygen atoms in total. The molecule has 2 aromatic heterocycles. The molecule has 156 valence electrons. The van der Waals surface area contributed by atoms with Crippen LogP contribution in [0.2, 0.25) is 0 Å². The number of carbonyl (C=O) groups is 1. The van der Waals surface area contributed by atoms with Crippen LogP contribution >= 0.6 is 0 Å². The molecule has 1 amide bonds. The van der Waals surface area contributed by atoms with E-state index >= 15 is 0 Å². The lowest BCUT2D eigenvalue weighted by Crippen LogP contribution is -2.22. The monoisotopic (exact) mass is 415 g/mol. The smallest absolute Gasteiger partial charge is 0.262 e. The van der Waals surface area contributed by atoms with Crippen molar-refractivity contribution < 1.29 is 18.7 Å². The summed E-state index contributed by atoms with van der Waals surface area (Å²) in [7, 11) is 1.56. The highest BCUT2D eigenvalue weighted by Gasteiger charge is 2.15. The number of pyridine rings is 1. The fraction of sp³-hybridized carbons (Fsp3) is 0.125. The summed E-state index contributed by atoms with van der Waals surface area (Å²) in [6.07, 6.45) is 1.61. The first-order valence-electron chi connectivity index (χ1n) is 9.79. The van der Waals surface area contributed by atoms with Gasteiger partial charge in [0.15, 0.2) is 11.3 Å². The highest BCUT2D eigenvalue weighted by molar-refractivity contribution is 6.05. The van der Waals surface area contributed by atoms with Gasteiger partial charge < -0.3 is 19.2 Å². The van der Waals surface area contributed by atoms with Gasteiger partial charge in [0, 0.05) is 11.6 Å². The first kappa shape index (κ1) is 20.2. The number of fused-ring (bicyclic) bond motifs is 1. The molecule has 7 heteroatoms. The summed E-state index contributed by atoms with van der Waals surface area (Å²) in [6, 6.07) is 19.7. The van der Waals surface area contributed by atoms with E-state index in [1.807, 2.05) is 31.2 Å². The number of nitrogens with zero attached hydrogens (tertiary/aromatic N) is 2. The van der Waals surface area contributed by atoms with Crippen LogP contribution in [0.5, 0.6) is 11.5 Å². The highest BCUT2D eigenvalue weighted by atomic mass is 16.5. The van der Waals surface area contributed by atoms with Crippen molar-refractivity contribution >= 4 is 28.4 Å². The highest BCUT2D eigenvalue weighted by Crippen LogP contribution is 2.25. The molecular weight excluding hydrogens is 394 g/mol. The second-order valence-corrected chi connectivity index (χ2v) is 6.55. The first-order chi connectivity index (χ1) is 15.2. The Bertz CT molecular complexity index is 1270. The van der Waals surface area contributed by atoms with E-state index < -0.39 is 0 Å². The first-order valence-corrected chi connectivity index (χ1v) is 9.79. The quantitative estimate of drug-likeness (QED) is 0.492. The van der Waals surface area contributed by atoms with E-state index in [0.29, 0.717) is 29.4 Å². The summed E-state index contributed by atoms with van der Waals surface area (Å²) in [4.78, 5) is 21.8. The summed E-state index contributed by atoms with van der Waals surface area (Å²) in [5.41, 5.74) is 1.56. The predicted octanol–water partition coefficient (Wildman–Crippen LogP) is 4.72. The Hall–Kier alpha value is -4.13. The van der Waals surface area contributed by atoms with Crippen LogP contribution in [0.15, 0.2) is 82.3 Å². The van der Waals surface area contributed by atoms with Gasteiger partial charge in [0.05, 0.1) is 19.4 Å². The number of nitrogens with one attached hydrogen (secondary N) is 1. The molecule has 2 heterocycles. The number of hydrogen-bond acceptors (Lipinski definition) is 6. The molecule has 0 aliphatic heterocycles. The second kappa shape index (κ2) is 9.13. The minimum atomic E-state index is -0.378. The molecule has 31 heavy (non-hydrogen) atoms. The van der Waals surface area contributed by atoms with Crippen LogP contribution < -0.4 is 20.3 Å². The Labute approximate surface area is 179 Å². The SMILES string of the molecule is CCOc1ccc(N=c2oc3c(OC)cccc3cc2C(=O)Nc2ccccn2)cc1. The molecule has 4 rings (SSSR count). The summed E-state index contributed by atoms with van der Waals surface area (Å²) in [5, 5.41) is 3.50. The van der Waals surface area contributed by atoms with Gasteiger partial charge in [-0.3, -0.25) is 4.79 Å². The van der Waals surface area contributed by atoms with Crippen molar-refractivity contribution in [2.24, 2.45) is 4.99 Å². The van der Waals surface area contributed by atoms with E-state index in [1.54, 1.807) is 55.8 Å².